The van der Waals surface area contributed by atoms with Crippen molar-refractivity contribution in [3.05, 3.63) is 65.9 Å². The van der Waals surface area contributed by atoms with Crippen molar-refractivity contribution < 1.29 is 27.4 Å². The lowest BCUT2D eigenvalue weighted by atomic mass is 9.85. The lowest BCUT2D eigenvalue weighted by Crippen LogP contribution is -2.41. The molecule has 0 radical (unpaired) electrons. The number of hydrogen-bond acceptors (Lipinski definition) is 9. The number of carbonyl (C=O) groups is 1. The average Bonchev–Trinajstić information content (AvgIpc) is 3.41. The van der Waals surface area contributed by atoms with Gasteiger partial charge in [-0.05, 0) is 76.3 Å². The van der Waals surface area contributed by atoms with E-state index in [1.54, 1.807) is 23.2 Å². The molecule has 3 heterocycles. The molecule has 0 spiro atoms. The number of methoxy groups -OCH3 is 1. The van der Waals surface area contributed by atoms with Gasteiger partial charge in [0.15, 0.2) is 9.84 Å². The number of amides is 1. The maximum Gasteiger partial charge on any atom is 0.410 e. The van der Waals surface area contributed by atoms with Gasteiger partial charge in [0.2, 0.25) is 5.95 Å². The highest BCUT2D eigenvalue weighted by Crippen LogP contribution is 2.44. The number of likely N-dealkylation sites (tertiary alicyclic amines) is 1. The first-order chi connectivity index (χ1) is 21.8. The predicted octanol–water partition coefficient (Wildman–Crippen LogP) is 6.89. The maximum atomic E-state index is 12.6. The van der Waals surface area contributed by atoms with Crippen LogP contribution in [0.2, 0.25) is 0 Å². The van der Waals surface area contributed by atoms with Gasteiger partial charge in [0.05, 0.1) is 23.2 Å². The highest BCUT2D eigenvalue weighted by Gasteiger charge is 2.32. The van der Waals surface area contributed by atoms with Crippen molar-refractivity contribution in [2.45, 2.75) is 69.5 Å². The van der Waals surface area contributed by atoms with Crippen molar-refractivity contribution in [2.75, 3.05) is 31.8 Å². The zero-order valence-electron chi connectivity index (χ0n) is 27.1. The maximum absolute atomic E-state index is 12.6. The quantitative estimate of drug-likeness (QED) is 0.239. The van der Waals surface area contributed by atoms with Crippen LogP contribution in [0.4, 0.5) is 16.4 Å². The minimum absolute atomic E-state index is 0.0325. The molecule has 1 amide bonds. The fourth-order valence-corrected chi connectivity index (χ4v) is 6.91. The van der Waals surface area contributed by atoms with Gasteiger partial charge < -0.3 is 24.4 Å². The molecule has 1 saturated heterocycles. The summed E-state index contributed by atoms with van der Waals surface area (Å²) in [6.45, 7) is 9.04. The second-order valence-electron chi connectivity index (χ2n) is 13.1. The van der Waals surface area contributed by atoms with Crippen molar-refractivity contribution >= 4 is 38.5 Å². The summed E-state index contributed by atoms with van der Waals surface area (Å²) in [5.74, 6) is 1.99. The molecule has 46 heavy (non-hydrogen) atoms. The van der Waals surface area contributed by atoms with Crippen molar-refractivity contribution in [3.8, 4) is 22.6 Å². The molecule has 1 fully saturated rings. The number of ether oxygens (including phenoxy) is 3. The number of sulfone groups is 1. The molecule has 242 valence electrons. The number of carbonyl (C=O) groups excluding carboxylic acids is 1. The van der Waals surface area contributed by atoms with Crippen LogP contribution in [-0.4, -0.2) is 67.5 Å². The molecule has 1 unspecified atom stereocenters. The Labute approximate surface area is 270 Å². The molecular formula is C35H40N4O6S. The van der Waals surface area contributed by atoms with Crippen molar-refractivity contribution in [3.63, 3.8) is 0 Å². The van der Waals surface area contributed by atoms with Crippen LogP contribution < -0.4 is 14.8 Å². The van der Waals surface area contributed by atoms with Crippen molar-refractivity contribution in [1.82, 2.24) is 14.9 Å². The lowest BCUT2D eigenvalue weighted by Gasteiger charge is -2.34. The number of piperidine rings is 1. The van der Waals surface area contributed by atoms with E-state index in [4.69, 9.17) is 19.2 Å². The van der Waals surface area contributed by atoms with Crippen LogP contribution in [0.15, 0.2) is 59.6 Å². The number of fused-ring (bicyclic) bond motifs is 2. The molecule has 1 atom stereocenters. The summed E-state index contributed by atoms with van der Waals surface area (Å²) in [5, 5.41) is 4.23. The molecule has 11 heteroatoms. The number of rotatable bonds is 6. The summed E-state index contributed by atoms with van der Waals surface area (Å²) in [6, 6.07) is 14.8. The zero-order valence-corrected chi connectivity index (χ0v) is 27.9. The fraction of sp³-hybridized carbons (Fsp3) is 0.400. The van der Waals surface area contributed by atoms with E-state index in [9.17, 15) is 13.2 Å². The Balaban J connectivity index is 1.28. The molecular weight excluding hydrogens is 604 g/mol. The van der Waals surface area contributed by atoms with Gasteiger partial charge in [0.25, 0.3) is 0 Å². The molecule has 0 aliphatic carbocycles. The number of nitrogens with zero attached hydrogens (tertiary/aromatic N) is 3. The Morgan fingerprint density at radius 2 is 1.83 bits per heavy atom. The topological polar surface area (TPSA) is 120 Å². The molecule has 0 saturated carbocycles. The first kappa shape index (κ1) is 31.6. The van der Waals surface area contributed by atoms with E-state index in [0.29, 0.717) is 36.2 Å². The molecule has 6 rings (SSSR count). The SMILES string of the molecule is COc1cc(S(C)(=O)=O)ccc1-c1cccc2cnc(Nc3ccc(C4CCN(C(=O)OC(C)(C)C)CC4)c4c3OC(C)C4)nc12. The molecule has 0 bridgehead atoms. The third kappa shape index (κ3) is 6.46. The van der Waals surface area contributed by atoms with Gasteiger partial charge in [-0.3, -0.25) is 0 Å². The number of para-hydroxylation sites is 1. The van der Waals surface area contributed by atoms with E-state index >= 15 is 0 Å². The van der Waals surface area contributed by atoms with Crippen LogP contribution in [0, 0.1) is 0 Å². The first-order valence-corrected chi connectivity index (χ1v) is 17.4. The third-order valence-electron chi connectivity index (χ3n) is 8.44. The van der Waals surface area contributed by atoms with Crippen molar-refractivity contribution in [1.29, 1.82) is 0 Å². The Morgan fingerprint density at radius 3 is 2.52 bits per heavy atom. The highest BCUT2D eigenvalue weighted by atomic mass is 32.2. The minimum Gasteiger partial charge on any atom is -0.496 e. The van der Waals surface area contributed by atoms with Gasteiger partial charge >= 0.3 is 6.09 Å². The van der Waals surface area contributed by atoms with Crippen molar-refractivity contribution in [2.24, 2.45) is 0 Å². The van der Waals surface area contributed by atoms with Gasteiger partial charge in [-0.25, -0.2) is 23.2 Å². The van der Waals surface area contributed by atoms with Gasteiger partial charge in [-0.15, -0.1) is 0 Å². The highest BCUT2D eigenvalue weighted by molar-refractivity contribution is 7.90. The normalized spacial score (nSPS) is 17.0. The Morgan fingerprint density at radius 1 is 1.07 bits per heavy atom. The molecule has 10 nitrogen and oxygen atoms in total. The molecule has 2 aliphatic heterocycles. The van der Waals surface area contributed by atoms with Crippen LogP contribution in [-0.2, 0) is 21.0 Å². The smallest absolute Gasteiger partial charge is 0.410 e. The average molecular weight is 645 g/mol. The second-order valence-corrected chi connectivity index (χ2v) is 15.1. The Bertz CT molecular complexity index is 1910. The number of benzene rings is 3. The summed E-state index contributed by atoms with van der Waals surface area (Å²) >= 11 is 0. The van der Waals surface area contributed by atoms with E-state index < -0.39 is 15.4 Å². The minimum atomic E-state index is -3.40. The summed E-state index contributed by atoms with van der Waals surface area (Å²) in [7, 11) is -1.88. The second kappa shape index (κ2) is 12.1. The Kier molecular flexibility index (Phi) is 8.30. The third-order valence-corrected chi connectivity index (χ3v) is 9.55. The molecule has 1 N–H and O–H groups in total. The monoisotopic (exact) mass is 644 g/mol. The standard InChI is InChI=1S/C35H40N4O6S/c1-21-18-28-25(22-14-16-39(17-15-22)34(40)45-35(2,3)4)12-13-29(32(28)44-21)37-33-36-20-23-8-7-9-27(31(23)38-33)26-11-10-24(46(6,41)42)19-30(26)43-5/h7-13,19-22H,14-18H2,1-6H3,(H,36,37,38). The van der Waals surface area contributed by atoms with Gasteiger partial charge in [0, 0.05) is 54.0 Å². The number of anilines is 2. The molecule has 2 aliphatic rings. The van der Waals surface area contributed by atoms with E-state index in [1.807, 2.05) is 45.0 Å². The van der Waals surface area contributed by atoms with Gasteiger partial charge in [-0.2, -0.15) is 0 Å². The summed E-state index contributed by atoms with van der Waals surface area (Å²) in [4.78, 5) is 24.1. The predicted molar refractivity (Wildman–Crippen MR) is 178 cm³/mol. The molecule has 3 aromatic carbocycles. The van der Waals surface area contributed by atoms with Crippen LogP contribution in [0.25, 0.3) is 22.0 Å². The Hall–Kier alpha value is -4.38. The van der Waals surface area contributed by atoms with E-state index in [2.05, 4.69) is 23.3 Å². The fourth-order valence-electron chi connectivity index (χ4n) is 6.28. The summed E-state index contributed by atoms with van der Waals surface area (Å²) < 4.78 is 41.8. The number of nitrogens with one attached hydrogen (secondary N) is 1. The molecule has 1 aromatic heterocycles. The molecule has 4 aromatic rings. The zero-order chi connectivity index (χ0) is 32.8. The summed E-state index contributed by atoms with van der Waals surface area (Å²) in [6.07, 6.45) is 5.24. The van der Waals surface area contributed by atoms with Crippen LogP contribution in [0.1, 0.15) is 57.6 Å². The first-order valence-electron chi connectivity index (χ1n) is 15.5. The largest absolute Gasteiger partial charge is 0.496 e. The van der Waals surface area contributed by atoms with Gasteiger partial charge in [0.1, 0.15) is 23.2 Å². The van der Waals surface area contributed by atoms with E-state index in [1.165, 1.54) is 30.6 Å². The van der Waals surface area contributed by atoms with Crippen LogP contribution >= 0.6 is 0 Å². The van der Waals surface area contributed by atoms with E-state index in [-0.39, 0.29) is 17.1 Å². The van der Waals surface area contributed by atoms with Gasteiger partial charge in [-0.1, -0.05) is 24.3 Å². The lowest BCUT2D eigenvalue weighted by molar-refractivity contribution is 0.0204. The summed E-state index contributed by atoms with van der Waals surface area (Å²) in [5.41, 5.74) is 4.95. The van der Waals surface area contributed by atoms with Crippen LogP contribution in [0.3, 0.4) is 0 Å². The number of aromatic nitrogens is 2. The number of hydrogen-bond donors (Lipinski definition) is 1. The van der Waals surface area contributed by atoms with Crippen LogP contribution in [0.5, 0.6) is 11.5 Å². The van der Waals surface area contributed by atoms with E-state index in [0.717, 1.165) is 47.2 Å².